The first-order valence-corrected chi connectivity index (χ1v) is 6.14. The summed E-state index contributed by atoms with van der Waals surface area (Å²) in [6.45, 7) is 9.05. The summed E-state index contributed by atoms with van der Waals surface area (Å²) in [5, 5.41) is 2.49. The van der Waals surface area contributed by atoms with Gasteiger partial charge < -0.3 is 19.2 Å². The Bertz CT molecular complexity index is 527. The molecule has 0 aliphatic carbocycles. The molecule has 6 nitrogen and oxygen atoms in total. The third-order valence-corrected chi connectivity index (χ3v) is 2.01. The lowest BCUT2D eigenvalue weighted by atomic mass is 10.2. The summed E-state index contributed by atoms with van der Waals surface area (Å²) in [5.74, 6) is 0.415. The smallest absolute Gasteiger partial charge is 0.408 e. The second-order valence-electron chi connectivity index (χ2n) is 5.03. The lowest BCUT2D eigenvalue weighted by Gasteiger charge is -2.19. The highest BCUT2D eigenvalue weighted by molar-refractivity contribution is 5.67. The highest BCUT2D eigenvalue weighted by Crippen LogP contribution is 2.08. The van der Waals surface area contributed by atoms with Crippen LogP contribution >= 0.6 is 0 Å². The number of carbonyl (C=O) groups is 1. The minimum absolute atomic E-state index is 0.0614. The molecule has 0 aliphatic rings. The zero-order valence-corrected chi connectivity index (χ0v) is 11.9. The number of hydrogen-bond donors (Lipinski definition) is 1. The molecule has 1 aromatic heterocycles. The van der Waals surface area contributed by atoms with Crippen molar-refractivity contribution in [2.45, 2.75) is 32.9 Å². The van der Waals surface area contributed by atoms with E-state index in [-0.39, 0.29) is 24.3 Å². The molecule has 1 amide bonds. The SMILES string of the molecule is C=CCOc1coc(CNC(=O)OC(C)(C)C)cc1=O. The monoisotopic (exact) mass is 281 g/mol. The van der Waals surface area contributed by atoms with Gasteiger partial charge in [0, 0.05) is 6.07 Å². The van der Waals surface area contributed by atoms with E-state index in [0.29, 0.717) is 5.76 Å². The minimum Gasteiger partial charge on any atom is -0.482 e. The van der Waals surface area contributed by atoms with Gasteiger partial charge in [-0.1, -0.05) is 12.7 Å². The molecule has 0 aromatic carbocycles. The first-order valence-electron chi connectivity index (χ1n) is 6.14. The summed E-state index contributed by atoms with van der Waals surface area (Å²) < 4.78 is 15.3. The number of alkyl carbamates (subject to hydrolysis) is 1. The number of ether oxygens (including phenoxy) is 2. The van der Waals surface area contributed by atoms with Crippen molar-refractivity contribution in [2.75, 3.05) is 6.61 Å². The van der Waals surface area contributed by atoms with Gasteiger partial charge in [0.25, 0.3) is 0 Å². The number of nitrogens with one attached hydrogen (secondary N) is 1. The summed E-state index contributed by atoms with van der Waals surface area (Å²) in [4.78, 5) is 23.1. The number of carbonyl (C=O) groups excluding carboxylic acids is 1. The summed E-state index contributed by atoms with van der Waals surface area (Å²) in [5.41, 5.74) is -0.896. The average molecular weight is 281 g/mol. The van der Waals surface area contributed by atoms with Crippen LogP contribution in [0.5, 0.6) is 5.75 Å². The van der Waals surface area contributed by atoms with Crippen LogP contribution < -0.4 is 15.5 Å². The van der Waals surface area contributed by atoms with Crippen LogP contribution in [0.3, 0.4) is 0 Å². The van der Waals surface area contributed by atoms with Crippen LogP contribution in [-0.2, 0) is 11.3 Å². The minimum atomic E-state index is -0.577. The van der Waals surface area contributed by atoms with Crippen molar-refractivity contribution in [2.24, 2.45) is 0 Å². The van der Waals surface area contributed by atoms with Crippen LogP contribution in [0, 0.1) is 0 Å². The molecule has 0 unspecified atom stereocenters. The van der Waals surface area contributed by atoms with Gasteiger partial charge in [-0.05, 0) is 20.8 Å². The molecule has 0 fully saturated rings. The largest absolute Gasteiger partial charge is 0.482 e. The van der Waals surface area contributed by atoms with Crippen molar-refractivity contribution in [1.29, 1.82) is 0 Å². The lowest BCUT2D eigenvalue weighted by molar-refractivity contribution is 0.0519. The molecule has 1 aromatic rings. The van der Waals surface area contributed by atoms with Gasteiger partial charge in [0.1, 0.15) is 24.2 Å². The van der Waals surface area contributed by atoms with E-state index in [2.05, 4.69) is 11.9 Å². The number of hydrogen-bond acceptors (Lipinski definition) is 5. The standard InChI is InChI=1S/C14H19NO5/c1-5-6-18-12-9-19-10(7-11(12)16)8-15-13(17)20-14(2,3)4/h5,7,9H,1,6,8H2,2-4H3,(H,15,17). The van der Waals surface area contributed by atoms with Crippen LogP contribution in [0.25, 0.3) is 0 Å². The summed E-state index contributed by atoms with van der Waals surface area (Å²) in [6, 6.07) is 1.26. The van der Waals surface area contributed by atoms with E-state index < -0.39 is 11.7 Å². The van der Waals surface area contributed by atoms with E-state index >= 15 is 0 Å². The van der Waals surface area contributed by atoms with Crippen LogP contribution in [0.15, 0.2) is 34.2 Å². The van der Waals surface area contributed by atoms with Gasteiger partial charge in [-0.2, -0.15) is 0 Å². The number of rotatable bonds is 5. The predicted octanol–water partition coefficient (Wildman–Crippen LogP) is 2.23. The zero-order chi connectivity index (χ0) is 15.2. The topological polar surface area (TPSA) is 77.8 Å². The second kappa shape index (κ2) is 6.79. The second-order valence-corrected chi connectivity index (χ2v) is 5.03. The van der Waals surface area contributed by atoms with Crippen LogP contribution in [0.2, 0.25) is 0 Å². The first kappa shape index (κ1) is 15.8. The van der Waals surface area contributed by atoms with Crippen molar-refractivity contribution in [3.63, 3.8) is 0 Å². The highest BCUT2D eigenvalue weighted by atomic mass is 16.6. The average Bonchev–Trinajstić information content (AvgIpc) is 2.33. The highest BCUT2D eigenvalue weighted by Gasteiger charge is 2.16. The normalized spacial score (nSPS) is 10.8. The van der Waals surface area contributed by atoms with Gasteiger partial charge in [-0.25, -0.2) is 4.79 Å². The van der Waals surface area contributed by atoms with Crippen LogP contribution in [-0.4, -0.2) is 18.3 Å². The van der Waals surface area contributed by atoms with Crippen LogP contribution in [0.4, 0.5) is 4.79 Å². The Morgan fingerprint density at radius 3 is 2.75 bits per heavy atom. The van der Waals surface area contributed by atoms with Crippen molar-refractivity contribution in [3.8, 4) is 5.75 Å². The van der Waals surface area contributed by atoms with E-state index in [4.69, 9.17) is 13.9 Å². The molecular weight excluding hydrogens is 262 g/mol. The molecule has 0 radical (unpaired) electrons. The maximum atomic E-state index is 11.7. The van der Waals surface area contributed by atoms with Crippen molar-refractivity contribution in [3.05, 3.63) is 41.0 Å². The Kier molecular flexibility index (Phi) is 5.37. The van der Waals surface area contributed by atoms with Crippen LogP contribution in [0.1, 0.15) is 26.5 Å². The molecule has 6 heteroatoms. The van der Waals surface area contributed by atoms with E-state index in [9.17, 15) is 9.59 Å². The van der Waals surface area contributed by atoms with Gasteiger partial charge >= 0.3 is 6.09 Å². The molecule has 1 rings (SSSR count). The van der Waals surface area contributed by atoms with Gasteiger partial charge in [0.15, 0.2) is 0 Å². The maximum absolute atomic E-state index is 11.7. The third kappa shape index (κ3) is 5.60. The van der Waals surface area contributed by atoms with Crippen molar-refractivity contribution in [1.82, 2.24) is 5.32 Å². The van der Waals surface area contributed by atoms with Gasteiger partial charge in [0.05, 0.1) is 6.54 Å². The molecule has 0 spiro atoms. The summed E-state index contributed by atoms with van der Waals surface area (Å²) in [7, 11) is 0. The molecule has 0 atom stereocenters. The van der Waals surface area contributed by atoms with E-state index in [0.717, 1.165) is 0 Å². The Balaban J connectivity index is 2.57. The van der Waals surface area contributed by atoms with Gasteiger partial charge in [-0.3, -0.25) is 4.79 Å². The molecular formula is C14H19NO5. The Labute approximate surface area is 117 Å². The van der Waals surface area contributed by atoms with Gasteiger partial charge in [-0.15, -0.1) is 0 Å². The quantitative estimate of drug-likeness (QED) is 0.837. The lowest BCUT2D eigenvalue weighted by Crippen LogP contribution is -2.32. The predicted molar refractivity (Wildman–Crippen MR) is 73.7 cm³/mol. The molecule has 0 saturated carbocycles. The van der Waals surface area contributed by atoms with E-state index in [1.54, 1.807) is 20.8 Å². The fourth-order valence-corrected chi connectivity index (χ4v) is 1.26. The first-order chi connectivity index (χ1) is 9.31. The molecule has 0 aliphatic heterocycles. The summed E-state index contributed by atoms with van der Waals surface area (Å²) >= 11 is 0. The molecule has 0 bridgehead atoms. The fraction of sp³-hybridized carbons (Fsp3) is 0.429. The third-order valence-electron chi connectivity index (χ3n) is 2.01. The zero-order valence-electron chi connectivity index (χ0n) is 11.9. The van der Waals surface area contributed by atoms with Crippen molar-refractivity contribution >= 4 is 6.09 Å². The molecule has 1 N–H and O–H groups in total. The maximum Gasteiger partial charge on any atom is 0.408 e. The van der Waals surface area contributed by atoms with E-state index in [1.807, 2.05) is 0 Å². The number of amides is 1. The molecule has 20 heavy (non-hydrogen) atoms. The Hall–Kier alpha value is -2.24. The van der Waals surface area contributed by atoms with Gasteiger partial charge in [0.2, 0.25) is 11.2 Å². The van der Waals surface area contributed by atoms with E-state index in [1.165, 1.54) is 18.4 Å². The Morgan fingerprint density at radius 2 is 2.20 bits per heavy atom. The summed E-state index contributed by atoms with van der Waals surface area (Å²) in [6.07, 6.45) is 2.15. The van der Waals surface area contributed by atoms with Crippen molar-refractivity contribution < 1.29 is 18.7 Å². The molecule has 0 saturated heterocycles. The fourth-order valence-electron chi connectivity index (χ4n) is 1.26. The molecule has 1 heterocycles. The Morgan fingerprint density at radius 1 is 1.50 bits per heavy atom. The molecule has 110 valence electrons.